The van der Waals surface area contributed by atoms with Crippen molar-refractivity contribution in [3.63, 3.8) is 0 Å². The summed E-state index contributed by atoms with van der Waals surface area (Å²) in [5.74, 6) is -2.22. The molecule has 3 saturated heterocycles. The van der Waals surface area contributed by atoms with Crippen molar-refractivity contribution in [2.45, 2.75) is 56.4 Å². The Hall–Kier alpha value is -3.92. The average Bonchev–Trinajstić information content (AvgIpc) is 3.59. The molecule has 3 aliphatic heterocycles. The molecular weight excluding hydrogens is 582 g/mol. The van der Waals surface area contributed by atoms with Crippen LogP contribution in [0.15, 0.2) is 78.9 Å². The molecular formula is C34H36ClN3O6. The lowest BCUT2D eigenvalue weighted by molar-refractivity contribution is -0.146. The van der Waals surface area contributed by atoms with Crippen LogP contribution >= 0.6 is 11.6 Å². The molecule has 10 heteroatoms. The Balaban J connectivity index is 1.36. The van der Waals surface area contributed by atoms with Crippen LogP contribution in [0, 0.1) is 11.8 Å². The number of hydrogen-bond donors (Lipinski definition) is 3. The fourth-order valence-electron chi connectivity index (χ4n) is 7.36. The van der Waals surface area contributed by atoms with Gasteiger partial charge in [-0.15, -0.1) is 0 Å². The second-order valence-corrected chi connectivity index (χ2v) is 12.4. The molecule has 3 aromatic rings. The standard InChI is InChI=1S/C34H36ClN3O6/c1-3-43-26-15-13-24(14-16-26)36-30(40)27-28-32(42)38(25(20-39)19-21-7-5-4-6-8-21)29(34(28)18-17-33(27,2)44-34)31(41)37-23-11-9-22(35)10-12-23/h4-16,25,27-29,39H,3,17-20H2,1-2H3,(H,36,40)(H,37,41)/t25-,27+,28+,29?,33-,34?/m1/s1. The maximum absolute atomic E-state index is 14.5. The molecule has 0 radical (unpaired) electrons. The maximum atomic E-state index is 14.5. The van der Waals surface area contributed by atoms with E-state index in [0.717, 1.165) is 5.56 Å². The van der Waals surface area contributed by atoms with Crippen LogP contribution in [-0.4, -0.2) is 64.2 Å². The van der Waals surface area contributed by atoms with E-state index >= 15 is 0 Å². The molecule has 3 fully saturated rings. The largest absolute Gasteiger partial charge is 0.494 e. The number of aliphatic hydroxyl groups is 1. The molecule has 3 heterocycles. The van der Waals surface area contributed by atoms with Gasteiger partial charge < -0.3 is 30.1 Å². The summed E-state index contributed by atoms with van der Waals surface area (Å²) in [5, 5.41) is 17.1. The summed E-state index contributed by atoms with van der Waals surface area (Å²) in [5.41, 5.74) is -0.204. The SMILES string of the molecule is CCOc1ccc(NC(=O)[C@@H]2[C@H]3C(=O)N([C@@H](CO)Cc4ccccc4)C(C(=O)Nc4ccc(Cl)cc4)C34CC[C@@]2(C)O4)cc1. The van der Waals surface area contributed by atoms with E-state index in [-0.39, 0.29) is 18.4 Å². The highest BCUT2D eigenvalue weighted by molar-refractivity contribution is 6.30. The van der Waals surface area contributed by atoms with Gasteiger partial charge in [0.25, 0.3) is 0 Å². The topological polar surface area (TPSA) is 117 Å². The highest BCUT2D eigenvalue weighted by Gasteiger charge is 2.78. The van der Waals surface area contributed by atoms with Gasteiger partial charge in [0, 0.05) is 16.4 Å². The van der Waals surface area contributed by atoms with Gasteiger partial charge in [-0.05, 0) is 87.2 Å². The summed E-state index contributed by atoms with van der Waals surface area (Å²) in [6.07, 6.45) is 1.25. The molecule has 3 aliphatic rings. The smallest absolute Gasteiger partial charge is 0.250 e. The average molecular weight is 618 g/mol. The van der Waals surface area contributed by atoms with E-state index in [0.29, 0.717) is 48.0 Å². The summed E-state index contributed by atoms with van der Waals surface area (Å²) in [6.45, 7) is 3.90. The highest BCUT2D eigenvalue weighted by atomic mass is 35.5. The fraction of sp³-hybridized carbons (Fsp3) is 0.382. The number of carbonyl (C=O) groups is 3. The quantitative estimate of drug-likeness (QED) is 0.304. The number of aliphatic hydroxyl groups excluding tert-OH is 1. The molecule has 0 aromatic heterocycles. The zero-order valence-corrected chi connectivity index (χ0v) is 25.4. The minimum atomic E-state index is -1.24. The number of amides is 3. The van der Waals surface area contributed by atoms with Gasteiger partial charge in [0.2, 0.25) is 17.7 Å². The molecule has 230 valence electrons. The van der Waals surface area contributed by atoms with Crippen molar-refractivity contribution in [2.24, 2.45) is 11.8 Å². The summed E-state index contributed by atoms with van der Waals surface area (Å²) < 4.78 is 12.2. The summed E-state index contributed by atoms with van der Waals surface area (Å²) in [4.78, 5) is 44.2. The molecule has 44 heavy (non-hydrogen) atoms. The number of fused-ring (bicyclic) bond motifs is 1. The van der Waals surface area contributed by atoms with Crippen LogP contribution in [-0.2, 0) is 25.5 Å². The number of benzene rings is 3. The predicted octanol–water partition coefficient (Wildman–Crippen LogP) is 4.68. The van der Waals surface area contributed by atoms with Crippen molar-refractivity contribution in [3.8, 4) is 5.75 Å². The molecule has 9 nitrogen and oxygen atoms in total. The van der Waals surface area contributed by atoms with Gasteiger partial charge in [-0.25, -0.2) is 0 Å². The third-order valence-electron chi connectivity index (χ3n) is 9.21. The Morgan fingerprint density at radius 1 is 1.00 bits per heavy atom. The van der Waals surface area contributed by atoms with Gasteiger partial charge in [-0.3, -0.25) is 14.4 Å². The van der Waals surface area contributed by atoms with Crippen LogP contribution < -0.4 is 15.4 Å². The first kappa shape index (κ1) is 30.1. The number of hydrogen-bond acceptors (Lipinski definition) is 6. The van der Waals surface area contributed by atoms with Gasteiger partial charge in [0.1, 0.15) is 17.4 Å². The Morgan fingerprint density at radius 2 is 1.64 bits per heavy atom. The molecule has 3 amide bonds. The first-order valence-corrected chi connectivity index (χ1v) is 15.3. The first-order chi connectivity index (χ1) is 21.2. The Kier molecular flexibility index (Phi) is 8.13. The highest BCUT2D eigenvalue weighted by Crippen LogP contribution is 2.63. The maximum Gasteiger partial charge on any atom is 0.250 e. The van der Waals surface area contributed by atoms with E-state index in [4.69, 9.17) is 21.1 Å². The van der Waals surface area contributed by atoms with Crippen LogP contribution in [0.4, 0.5) is 11.4 Å². The Bertz CT molecular complexity index is 1530. The van der Waals surface area contributed by atoms with E-state index in [1.807, 2.05) is 44.2 Å². The number of ether oxygens (including phenoxy) is 2. The first-order valence-electron chi connectivity index (χ1n) is 15.0. The number of nitrogens with zero attached hydrogens (tertiary/aromatic N) is 1. The zero-order chi connectivity index (χ0) is 31.1. The fourth-order valence-corrected chi connectivity index (χ4v) is 7.49. The molecule has 6 rings (SSSR count). The molecule has 0 aliphatic carbocycles. The van der Waals surface area contributed by atoms with E-state index in [1.165, 1.54) is 4.90 Å². The Morgan fingerprint density at radius 3 is 2.27 bits per heavy atom. The monoisotopic (exact) mass is 617 g/mol. The number of nitrogens with one attached hydrogen (secondary N) is 2. The van der Waals surface area contributed by atoms with Gasteiger partial charge in [-0.1, -0.05) is 41.9 Å². The molecule has 1 spiro atoms. The lowest BCUT2D eigenvalue weighted by atomic mass is 9.66. The molecule has 2 bridgehead atoms. The molecule has 0 saturated carbocycles. The summed E-state index contributed by atoms with van der Waals surface area (Å²) >= 11 is 6.06. The van der Waals surface area contributed by atoms with Crippen LogP contribution in [0.2, 0.25) is 5.02 Å². The van der Waals surface area contributed by atoms with Crippen LogP contribution in [0.3, 0.4) is 0 Å². The van der Waals surface area contributed by atoms with Gasteiger partial charge in [0.15, 0.2) is 0 Å². The number of anilines is 2. The van der Waals surface area contributed by atoms with Crippen molar-refractivity contribution < 1.29 is 29.0 Å². The molecule has 6 atom stereocenters. The minimum absolute atomic E-state index is 0.330. The van der Waals surface area contributed by atoms with Crippen LogP contribution in [0.1, 0.15) is 32.3 Å². The van der Waals surface area contributed by atoms with Crippen LogP contribution in [0.25, 0.3) is 0 Å². The summed E-state index contributed by atoms with van der Waals surface area (Å²) in [6, 6.07) is 21.5. The molecule has 3 N–H and O–H groups in total. The second kappa shape index (κ2) is 11.9. The summed E-state index contributed by atoms with van der Waals surface area (Å²) in [7, 11) is 0. The second-order valence-electron chi connectivity index (χ2n) is 11.9. The lowest BCUT2D eigenvalue weighted by Crippen LogP contribution is -2.57. The number of carbonyl (C=O) groups excluding carboxylic acids is 3. The molecule has 2 unspecified atom stereocenters. The van der Waals surface area contributed by atoms with E-state index < -0.39 is 41.0 Å². The van der Waals surface area contributed by atoms with Gasteiger partial charge in [0.05, 0.1) is 36.7 Å². The zero-order valence-electron chi connectivity index (χ0n) is 24.7. The van der Waals surface area contributed by atoms with Gasteiger partial charge >= 0.3 is 0 Å². The van der Waals surface area contributed by atoms with Crippen molar-refractivity contribution in [1.29, 1.82) is 0 Å². The third-order valence-corrected chi connectivity index (χ3v) is 9.46. The van der Waals surface area contributed by atoms with Crippen molar-refractivity contribution >= 4 is 40.7 Å². The van der Waals surface area contributed by atoms with Crippen molar-refractivity contribution in [2.75, 3.05) is 23.8 Å². The number of likely N-dealkylation sites (tertiary alicyclic amines) is 1. The lowest BCUT2D eigenvalue weighted by Gasteiger charge is -2.37. The van der Waals surface area contributed by atoms with Crippen LogP contribution in [0.5, 0.6) is 5.75 Å². The predicted molar refractivity (Wildman–Crippen MR) is 166 cm³/mol. The number of halogens is 1. The minimum Gasteiger partial charge on any atom is -0.494 e. The normalized spacial score (nSPS) is 27.6. The third kappa shape index (κ3) is 5.23. The van der Waals surface area contributed by atoms with Gasteiger partial charge in [-0.2, -0.15) is 0 Å². The molecule has 3 aromatic carbocycles. The van der Waals surface area contributed by atoms with E-state index in [9.17, 15) is 19.5 Å². The van der Waals surface area contributed by atoms with E-state index in [1.54, 1.807) is 48.5 Å². The van der Waals surface area contributed by atoms with Crippen molar-refractivity contribution in [3.05, 3.63) is 89.4 Å². The van der Waals surface area contributed by atoms with E-state index in [2.05, 4.69) is 10.6 Å². The van der Waals surface area contributed by atoms with Crippen molar-refractivity contribution in [1.82, 2.24) is 4.90 Å². The number of rotatable bonds is 10. The Labute approximate surface area is 261 Å².